The fourth-order valence-corrected chi connectivity index (χ4v) is 9.20. The van der Waals surface area contributed by atoms with Crippen LogP contribution in [0.25, 0.3) is 5.32 Å². The molecule has 4 heterocycles. The number of nitrogens with one attached hydrogen (secondary N) is 3. The van der Waals surface area contributed by atoms with Crippen LogP contribution in [0, 0.1) is 6.07 Å². The van der Waals surface area contributed by atoms with E-state index in [1.807, 2.05) is 56.3 Å². The van der Waals surface area contributed by atoms with Crippen molar-refractivity contribution < 1.29 is 56.4 Å². The monoisotopic (exact) mass is 958 g/mol. The van der Waals surface area contributed by atoms with Crippen LogP contribution in [-0.2, 0) is 53.3 Å². The van der Waals surface area contributed by atoms with E-state index in [4.69, 9.17) is 16.3 Å². The molecule has 0 aliphatic carbocycles. The number of piperazine rings is 1. The normalized spacial score (nSPS) is 17.5. The van der Waals surface area contributed by atoms with Crippen molar-refractivity contribution in [2.45, 2.75) is 64.5 Å². The Kier molecular flexibility index (Phi) is 18.3. The van der Waals surface area contributed by atoms with Crippen molar-refractivity contribution in [2.75, 3.05) is 81.8 Å². The summed E-state index contributed by atoms with van der Waals surface area (Å²) in [7, 11) is -0.889. The molecule has 3 amide bonds. The summed E-state index contributed by atoms with van der Waals surface area (Å²) in [5, 5.41) is 13.8. The number of halogens is 1. The Hall–Kier alpha value is -3.91. The summed E-state index contributed by atoms with van der Waals surface area (Å²) in [6.45, 7) is 14.6. The maximum Gasteiger partial charge on any atom is 0.229 e. The molecule has 3 aromatic carbocycles. The Morgan fingerprint density at radius 1 is 0.984 bits per heavy atom. The first kappa shape index (κ1) is 49.1. The first-order chi connectivity index (χ1) is 29.4. The van der Waals surface area contributed by atoms with Crippen LogP contribution in [0.3, 0.4) is 0 Å². The van der Waals surface area contributed by atoms with Crippen molar-refractivity contribution in [1.29, 1.82) is 0 Å². The van der Waals surface area contributed by atoms with Crippen LogP contribution >= 0.6 is 18.7 Å². The summed E-state index contributed by atoms with van der Waals surface area (Å²) in [6.07, 6.45) is 6.07. The van der Waals surface area contributed by atoms with Gasteiger partial charge in [0.2, 0.25) is 17.8 Å². The molecule has 1 radical (unpaired) electrons. The van der Waals surface area contributed by atoms with Gasteiger partial charge >= 0.3 is 0 Å². The molecule has 1 aromatic heterocycles. The average molecular weight is 959 g/mol. The molecule has 4 aromatic rings. The van der Waals surface area contributed by atoms with E-state index in [-0.39, 0.29) is 51.5 Å². The van der Waals surface area contributed by atoms with Gasteiger partial charge < -0.3 is 39.8 Å². The first-order valence-electron chi connectivity index (χ1n) is 21.1. The fourth-order valence-electron chi connectivity index (χ4n) is 7.90. The summed E-state index contributed by atoms with van der Waals surface area (Å²) >= 11 is 6.48. The number of aromatic nitrogens is 2. The van der Waals surface area contributed by atoms with Gasteiger partial charge in [0.15, 0.2) is 5.82 Å². The zero-order chi connectivity index (χ0) is 43.5. The number of methoxy groups -OCH3 is 1. The van der Waals surface area contributed by atoms with Gasteiger partial charge in [0.05, 0.1) is 24.7 Å². The number of benzene rings is 3. The van der Waals surface area contributed by atoms with Crippen molar-refractivity contribution in [3.05, 3.63) is 94.4 Å². The number of carbonyl (C=O) groups is 3. The Balaban J connectivity index is 0.00000239. The molecule has 3 aliphatic heterocycles. The molecule has 329 valence electrons. The van der Waals surface area contributed by atoms with Crippen molar-refractivity contribution in [3.63, 3.8) is 0 Å². The zero-order valence-corrected chi connectivity index (χ0v) is 40.8. The molecular formula is C45H57ClN9O5PY-2. The van der Waals surface area contributed by atoms with Crippen molar-refractivity contribution in [1.82, 2.24) is 25.1 Å². The fraction of sp³-hybridized carbons (Fsp3) is 0.444. The molecule has 62 heavy (non-hydrogen) atoms. The third-order valence-electron chi connectivity index (χ3n) is 11.2. The van der Waals surface area contributed by atoms with Gasteiger partial charge in [-0.15, -0.1) is 35.4 Å². The van der Waals surface area contributed by atoms with Gasteiger partial charge in [0.1, 0.15) is 17.9 Å². The van der Waals surface area contributed by atoms with E-state index in [0.29, 0.717) is 39.8 Å². The third-order valence-corrected chi connectivity index (χ3v) is 13.0. The molecule has 3 fully saturated rings. The first-order valence-corrected chi connectivity index (χ1v) is 24.1. The number of piperidine rings is 2. The number of ether oxygens (including phenoxy) is 1. The Bertz CT molecular complexity index is 2190. The van der Waals surface area contributed by atoms with E-state index in [1.165, 1.54) is 6.20 Å². The van der Waals surface area contributed by atoms with E-state index in [1.54, 1.807) is 26.5 Å². The predicted octanol–water partition coefficient (Wildman–Crippen LogP) is 7.24. The Morgan fingerprint density at radius 3 is 2.40 bits per heavy atom. The molecule has 3 N–H and O–H groups in total. The standard InChI is InChI=1S/C43H52ClN9O5P.C2H6.Y/c1-58-37-27-32(14-15-34(37)48-43-45-28-33(44)40(50-43)46-35-8-4-5-9-38(35)59(2,3)57)52-21-18-31(19-22-52)53-25-23-51(24-26-53)20-6-7-29-10-12-30(13-11-29)41(55)47-36-16-17-39(54)49-42(36)56;1-2;/h4-5,8-12,14-15,27-28,31,36H,6-7,16-26H2,1-3H3,(H4,45,46,47,48,49,50,54,55,56,57);1-2H3;/q-1;;/p-1. The number of imide groups is 1. The largest absolute Gasteiger partial charge is 0.684 e. The maximum atomic E-state index is 12.9. The molecule has 7 rings (SSSR count). The number of amides is 3. The molecular weight excluding hydrogens is 902 g/mol. The van der Waals surface area contributed by atoms with Crippen LogP contribution in [0.5, 0.6) is 5.75 Å². The second-order valence-electron chi connectivity index (χ2n) is 15.6. The Labute approximate surface area is 395 Å². The van der Waals surface area contributed by atoms with Crippen LogP contribution < -0.4 is 30.9 Å². The second-order valence-corrected chi connectivity index (χ2v) is 19.2. The summed E-state index contributed by atoms with van der Waals surface area (Å²) in [5.74, 6) is 0.0961. The minimum atomic E-state index is -2.54. The molecule has 14 nitrogen and oxygen atoms in total. The molecule has 1 unspecified atom stereocenters. The number of hydrogen-bond donors (Lipinski definition) is 3. The molecule has 3 saturated heterocycles. The van der Waals surface area contributed by atoms with Crippen molar-refractivity contribution in [2.24, 2.45) is 0 Å². The Morgan fingerprint density at radius 2 is 1.73 bits per heavy atom. The molecule has 3 aliphatic rings. The van der Waals surface area contributed by atoms with Gasteiger partial charge in [-0.05, 0) is 81.8 Å². The van der Waals surface area contributed by atoms with Crippen LogP contribution in [0.4, 0.5) is 28.8 Å². The van der Waals surface area contributed by atoms with Crippen LogP contribution in [0.2, 0.25) is 5.02 Å². The molecule has 0 saturated carbocycles. The molecule has 1 atom stereocenters. The summed E-state index contributed by atoms with van der Waals surface area (Å²) in [5.41, 5.74) is 3.96. The number of rotatable bonds is 14. The van der Waals surface area contributed by atoms with Gasteiger partial charge in [0, 0.05) is 101 Å². The summed E-state index contributed by atoms with van der Waals surface area (Å²) in [6, 6.07) is 21.8. The zero-order valence-electron chi connectivity index (χ0n) is 36.3. The van der Waals surface area contributed by atoms with Gasteiger partial charge in [-0.3, -0.25) is 19.8 Å². The summed E-state index contributed by atoms with van der Waals surface area (Å²) < 4.78 is 18.7. The van der Waals surface area contributed by atoms with E-state index >= 15 is 0 Å². The van der Waals surface area contributed by atoms with Crippen LogP contribution in [0.15, 0.2) is 66.9 Å². The number of aryl methyl sites for hydroxylation is 1. The second kappa shape index (κ2) is 23.1. The van der Waals surface area contributed by atoms with Crippen LogP contribution in [0.1, 0.15) is 61.9 Å². The van der Waals surface area contributed by atoms with Gasteiger partial charge in [0.25, 0.3) is 0 Å². The number of anilines is 5. The topological polar surface area (TPSA) is 163 Å². The van der Waals surface area contributed by atoms with E-state index in [9.17, 15) is 18.9 Å². The molecule has 0 spiro atoms. The molecule has 17 heteroatoms. The minimum absolute atomic E-state index is 0. The van der Waals surface area contributed by atoms with Crippen molar-refractivity contribution >= 4 is 70.6 Å². The minimum Gasteiger partial charge on any atom is -0.684 e. The number of para-hydroxylation sites is 1. The molecule has 0 bridgehead atoms. The third kappa shape index (κ3) is 13.1. The average Bonchev–Trinajstić information content (AvgIpc) is 3.27. The number of carbonyl (C=O) groups excluding carboxylic acids is 3. The predicted molar refractivity (Wildman–Crippen MR) is 244 cm³/mol. The smallest absolute Gasteiger partial charge is 0.229 e. The van der Waals surface area contributed by atoms with E-state index < -0.39 is 25.0 Å². The van der Waals surface area contributed by atoms with Gasteiger partial charge in [-0.2, -0.15) is 4.98 Å². The van der Waals surface area contributed by atoms with Crippen LogP contribution in [-0.4, -0.2) is 116 Å². The quantitative estimate of drug-likeness (QED) is 0.0661. The summed E-state index contributed by atoms with van der Waals surface area (Å²) in [4.78, 5) is 52.5. The van der Waals surface area contributed by atoms with Crippen molar-refractivity contribution in [3.8, 4) is 5.75 Å². The number of nitrogens with zero attached hydrogens (tertiary/aromatic N) is 6. The van der Waals surface area contributed by atoms with E-state index in [2.05, 4.69) is 64.1 Å². The SMILES string of the molecule is CC.COc1cc(N2CCC(N3CCN(CCCc4c[c-]c(C(=O)[N-]C5CCC(=O)NC5=O)cc4)CC3)CC2)ccc1Nc1ncc(Cl)c(Nc2ccccc2P(C)(C)=O)n1.[Y]. The maximum absolute atomic E-state index is 12.9. The van der Waals surface area contributed by atoms with Gasteiger partial charge in [-0.25, -0.2) is 4.98 Å². The number of hydrogen-bond acceptors (Lipinski definition) is 12. The van der Waals surface area contributed by atoms with E-state index in [0.717, 1.165) is 93.7 Å². The van der Waals surface area contributed by atoms with Gasteiger partial charge in [-0.1, -0.05) is 44.0 Å².